The molecular formula is C8H23N7. The summed E-state index contributed by atoms with van der Waals surface area (Å²) in [5.74, 6) is 17.4. The highest BCUT2D eigenvalue weighted by molar-refractivity contribution is 4.61. The molecule has 0 atom stereocenters. The van der Waals surface area contributed by atoms with E-state index in [1.54, 1.807) is 15.0 Å². The summed E-state index contributed by atoms with van der Waals surface area (Å²) < 4.78 is 0. The van der Waals surface area contributed by atoms with Gasteiger partial charge in [0.05, 0.1) is 0 Å². The van der Waals surface area contributed by atoms with Crippen LogP contribution in [0.15, 0.2) is 0 Å². The SMILES string of the molecule is NN1CCNCCN(N)CCN(N)CC1. The molecule has 0 saturated carbocycles. The standard InChI is InChI=1S/C8H23N7/c9-13-3-1-12-2-4-14(10)6-8-15(11)7-5-13/h12H,1-11H2. The van der Waals surface area contributed by atoms with Crippen LogP contribution in [-0.2, 0) is 0 Å². The van der Waals surface area contributed by atoms with Crippen LogP contribution in [0.5, 0.6) is 0 Å². The van der Waals surface area contributed by atoms with Crippen LogP contribution in [0.4, 0.5) is 0 Å². The van der Waals surface area contributed by atoms with E-state index in [1.807, 2.05) is 0 Å². The van der Waals surface area contributed by atoms with Crippen molar-refractivity contribution >= 4 is 0 Å². The molecule has 0 spiro atoms. The Labute approximate surface area is 91.0 Å². The Hall–Kier alpha value is -0.280. The first-order valence-electron chi connectivity index (χ1n) is 5.38. The summed E-state index contributed by atoms with van der Waals surface area (Å²) in [5, 5.41) is 8.62. The third-order valence-electron chi connectivity index (χ3n) is 2.50. The van der Waals surface area contributed by atoms with Gasteiger partial charge in [0.1, 0.15) is 0 Å². The van der Waals surface area contributed by atoms with Crippen LogP contribution in [0.1, 0.15) is 0 Å². The van der Waals surface area contributed by atoms with Crippen LogP contribution in [-0.4, -0.2) is 67.4 Å². The van der Waals surface area contributed by atoms with E-state index in [2.05, 4.69) is 5.32 Å². The molecule has 0 aliphatic carbocycles. The fourth-order valence-electron chi connectivity index (χ4n) is 1.42. The number of nitrogens with one attached hydrogen (secondary N) is 1. The molecular weight excluding hydrogens is 194 g/mol. The molecule has 0 unspecified atom stereocenters. The maximum Gasteiger partial charge on any atom is 0.0271 e. The monoisotopic (exact) mass is 217 g/mol. The molecule has 1 rings (SSSR count). The normalized spacial score (nSPS) is 25.8. The van der Waals surface area contributed by atoms with E-state index in [9.17, 15) is 0 Å². The molecule has 7 nitrogen and oxygen atoms in total. The predicted molar refractivity (Wildman–Crippen MR) is 60.2 cm³/mol. The van der Waals surface area contributed by atoms with Gasteiger partial charge in [0.2, 0.25) is 0 Å². The Balaban J connectivity index is 2.30. The highest BCUT2D eigenvalue weighted by atomic mass is 15.5. The van der Waals surface area contributed by atoms with Crippen molar-refractivity contribution in [3.05, 3.63) is 0 Å². The summed E-state index contributed by atoms with van der Waals surface area (Å²) in [6, 6.07) is 0. The molecule has 0 aromatic rings. The Morgan fingerprint density at radius 2 is 0.933 bits per heavy atom. The summed E-state index contributed by atoms with van der Waals surface area (Å²) in [6.07, 6.45) is 0. The van der Waals surface area contributed by atoms with E-state index >= 15 is 0 Å². The molecule has 15 heavy (non-hydrogen) atoms. The third kappa shape index (κ3) is 6.00. The number of hydrogen-bond donors (Lipinski definition) is 4. The van der Waals surface area contributed by atoms with E-state index in [4.69, 9.17) is 17.5 Å². The second kappa shape index (κ2) is 7.07. The molecule has 0 bridgehead atoms. The first kappa shape index (κ1) is 12.8. The van der Waals surface area contributed by atoms with Gasteiger partial charge in [-0.25, -0.2) is 15.0 Å². The Bertz CT molecular complexity index is 149. The molecule has 0 aromatic carbocycles. The van der Waals surface area contributed by atoms with Crippen LogP contribution in [0.25, 0.3) is 0 Å². The van der Waals surface area contributed by atoms with Gasteiger partial charge in [-0.15, -0.1) is 0 Å². The Morgan fingerprint density at radius 3 is 1.33 bits per heavy atom. The predicted octanol–water partition coefficient (Wildman–Crippen LogP) is -2.88. The van der Waals surface area contributed by atoms with Gasteiger partial charge in [-0.05, 0) is 0 Å². The lowest BCUT2D eigenvalue weighted by Gasteiger charge is -2.25. The number of nitrogens with zero attached hydrogens (tertiary/aromatic N) is 3. The van der Waals surface area contributed by atoms with Gasteiger partial charge in [0.15, 0.2) is 0 Å². The molecule has 1 aliphatic heterocycles. The summed E-state index contributed by atoms with van der Waals surface area (Å²) in [7, 11) is 0. The minimum atomic E-state index is 0.768. The zero-order chi connectivity index (χ0) is 11.1. The number of hydrazine groups is 3. The molecule has 7 heteroatoms. The fourth-order valence-corrected chi connectivity index (χ4v) is 1.42. The third-order valence-corrected chi connectivity index (χ3v) is 2.50. The summed E-state index contributed by atoms with van der Waals surface area (Å²) >= 11 is 0. The van der Waals surface area contributed by atoms with Crippen molar-refractivity contribution in [3.8, 4) is 0 Å². The van der Waals surface area contributed by atoms with Crippen molar-refractivity contribution in [1.82, 2.24) is 20.3 Å². The van der Waals surface area contributed by atoms with Gasteiger partial charge in [-0.3, -0.25) is 17.5 Å². The second-order valence-corrected chi connectivity index (χ2v) is 3.86. The van der Waals surface area contributed by atoms with E-state index in [0.29, 0.717) is 0 Å². The first-order chi connectivity index (χ1) is 7.18. The van der Waals surface area contributed by atoms with Crippen LogP contribution in [0.3, 0.4) is 0 Å². The van der Waals surface area contributed by atoms with Gasteiger partial charge in [-0.1, -0.05) is 0 Å². The van der Waals surface area contributed by atoms with Crippen LogP contribution >= 0.6 is 0 Å². The van der Waals surface area contributed by atoms with Crippen molar-refractivity contribution in [2.45, 2.75) is 0 Å². The quantitative estimate of drug-likeness (QED) is 0.323. The van der Waals surface area contributed by atoms with Crippen molar-refractivity contribution < 1.29 is 0 Å². The molecule has 1 saturated heterocycles. The van der Waals surface area contributed by atoms with Crippen LogP contribution < -0.4 is 22.8 Å². The lowest BCUT2D eigenvalue weighted by Crippen LogP contribution is -2.49. The lowest BCUT2D eigenvalue weighted by molar-refractivity contribution is 0.171. The van der Waals surface area contributed by atoms with E-state index in [1.165, 1.54) is 0 Å². The number of hydrogen-bond acceptors (Lipinski definition) is 7. The van der Waals surface area contributed by atoms with E-state index < -0.39 is 0 Å². The molecule has 0 radical (unpaired) electrons. The summed E-state index contributed by atoms with van der Waals surface area (Å²) in [5.41, 5.74) is 0. The molecule has 1 heterocycles. The van der Waals surface area contributed by atoms with Gasteiger partial charge in [-0.2, -0.15) is 0 Å². The molecule has 0 aromatic heterocycles. The molecule has 1 aliphatic rings. The summed E-state index contributed by atoms with van der Waals surface area (Å²) in [6.45, 7) is 6.53. The average Bonchev–Trinajstić information content (AvgIpc) is 2.21. The second-order valence-electron chi connectivity index (χ2n) is 3.86. The van der Waals surface area contributed by atoms with Gasteiger partial charge < -0.3 is 5.32 Å². The lowest BCUT2D eigenvalue weighted by atomic mass is 10.4. The fraction of sp³-hybridized carbons (Fsp3) is 1.00. The van der Waals surface area contributed by atoms with Crippen molar-refractivity contribution in [2.24, 2.45) is 17.5 Å². The molecule has 0 amide bonds. The zero-order valence-corrected chi connectivity index (χ0v) is 9.23. The number of rotatable bonds is 0. The van der Waals surface area contributed by atoms with Gasteiger partial charge >= 0.3 is 0 Å². The van der Waals surface area contributed by atoms with Crippen molar-refractivity contribution in [3.63, 3.8) is 0 Å². The smallest absolute Gasteiger partial charge is 0.0271 e. The molecule has 1 fully saturated rings. The highest BCUT2D eigenvalue weighted by Crippen LogP contribution is 1.85. The summed E-state index contributed by atoms with van der Waals surface area (Å²) in [4.78, 5) is 0. The van der Waals surface area contributed by atoms with Crippen LogP contribution in [0, 0.1) is 0 Å². The largest absolute Gasteiger partial charge is 0.314 e. The minimum absolute atomic E-state index is 0.768. The van der Waals surface area contributed by atoms with Crippen molar-refractivity contribution in [2.75, 3.05) is 52.4 Å². The topological polar surface area (TPSA) is 99.8 Å². The van der Waals surface area contributed by atoms with Gasteiger partial charge in [0, 0.05) is 52.4 Å². The zero-order valence-electron chi connectivity index (χ0n) is 9.23. The maximum absolute atomic E-state index is 5.79. The van der Waals surface area contributed by atoms with E-state index in [0.717, 1.165) is 52.4 Å². The molecule has 90 valence electrons. The number of nitrogens with two attached hydrogens (primary N) is 3. The molecule has 7 N–H and O–H groups in total. The van der Waals surface area contributed by atoms with E-state index in [-0.39, 0.29) is 0 Å². The van der Waals surface area contributed by atoms with Crippen LogP contribution in [0.2, 0.25) is 0 Å². The minimum Gasteiger partial charge on any atom is -0.314 e. The van der Waals surface area contributed by atoms with Crippen molar-refractivity contribution in [1.29, 1.82) is 0 Å². The Morgan fingerprint density at radius 1 is 0.600 bits per heavy atom. The average molecular weight is 217 g/mol. The van der Waals surface area contributed by atoms with Gasteiger partial charge in [0.25, 0.3) is 0 Å². The highest BCUT2D eigenvalue weighted by Gasteiger charge is 2.06. The first-order valence-corrected chi connectivity index (χ1v) is 5.38. The maximum atomic E-state index is 5.79. The Kier molecular flexibility index (Phi) is 6.03.